The molecule has 0 spiro atoms. The number of hydrogen-bond acceptors (Lipinski definition) is 4. The first-order valence-corrected chi connectivity index (χ1v) is 8.66. The molecule has 0 saturated carbocycles. The molecule has 0 unspecified atom stereocenters. The van der Waals surface area contributed by atoms with E-state index >= 15 is 0 Å². The molecule has 0 heterocycles. The third-order valence-electron chi connectivity index (χ3n) is 3.50. The van der Waals surface area contributed by atoms with Gasteiger partial charge >= 0.3 is 142 Å². The van der Waals surface area contributed by atoms with Crippen molar-refractivity contribution in [3.05, 3.63) is 64.7 Å². The zero-order chi connectivity index (χ0) is 15.9. The van der Waals surface area contributed by atoms with Crippen LogP contribution in [0.3, 0.4) is 0 Å². The van der Waals surface area contributed by atoms with Gasteiger partial charge in [-0.2, -0.15) is 0 Å². The molecule has 2 aromatic carbocycles. The van der Waals surface area contributed by atoms with Gasteiger partial charge in [0.2, 0.25) is 0 Å². The molecule has 0 fully saturated rings. The molecule has 0 aliphatic rings. The molecule has 0 aromatic heterocycles. The Bertz CT molecular complexity index is 682. The van der Waals surface area contributed by atoms with Crippen LogP contribution in [0.1, 0.15) is 27.0 Å². The zero-order valence-electron chi connectivity index (χ0n) is 12.2. The van der Waals surface area contributed by atoms with Gasteiger partial charge in [-0.15, -0.1) is 0 Å². The summed E-state index contributed by atoms with van der Waals surface area (Å²) < 4.78 is 0. The van der Waals surface area contributed by atoms with Crippen molar-refractivity contribution in [1.82, 2.24) is 0 Å². The van der Waals surface area contributed by atoms with Gasteiger partial charge in [0.1, 0.15) is 0 Å². The molecule has 0 saturated heterocycles. The van der Waals surface area contributed by atoms with E-state index in [0.717, 1.165) is 5.56 Å². The van der Waals surface area contributed by atoms with Crippen molar-refractivity contribution < 1.29 is 19.5 Å². The van der Waals surface area contributed by atoms with Crippen molar-refractivity contribution in [3.8, 4) is 0 Å². The Morgan fingerprint density at radius 2 is 1.36 bits per heavy atom. The normalized spacial score (nSPS) is 12.9. The predicted octanol–water partition coefficient (Wildman–Crippen LogP) is 1.70. The number of rotatable bonds is 3. The van der Waals surface area contributed by atoms with Crippen LogP contribution in [0.4, 0.5) is 0 Å². The van der Waals surface area contributed by atoms with Crippen molar-refractivity contribution in [2.24, 2.45) is 0 Å². The Morgan fingerprint density at radius 3 is 1.82 bits per heavy atom. The molecule has 2 aromatic rings. The fourth-order valence-electron chi connectivity index (χ4n) is 2.54. The van der Waals surface area contributed by atoms with E-state index in [2.05, 4.69) is 0 Å². The minimum absolute atomic E-state index is 0. The van der Waals surface area contributed by atoms with Crippen LogP contribution in [0, 0.1) is 20.8 Å². The van der Waals surface area contributed by atoms with Crippen molar-refractivity contribution >= 4 is 37.0 Å². The number of benzene rings is 2. The number of aryl methyl sites for hydroxylation is 3. The van der Waals surface area contributed by atoms with Crippen molar-refractivity contribution in [2.45, 2.75) is 20.8 Å². The van der Waals surface area contributed by atoms with E-state index in [1.807, 2.05) is 6.92 Å². The van der Waals surface area contributed by atoms with Gasteiger partial charge in [-0.25, -0.2) is 0 Å². The Balaban J connectivity index is 0.00000242. The SMILES string of the molecule is Cc1cc(C)c(C(=O)P(O)(O)(O)c2ccccc2)c(C)c1.[LiH]. The van der Waals surface area contributed by atoms with Gasteiger partial charge in [-0.05, 0) is 0 Å². The fraction of sp³-hybridized carbons (Fsp3) is 0.188. The number of hydrogen-bond donors (Lipinski definition) is 3. The molecular weight excluding hydrogens is 294 g/mol. The van der Waals surface area contributed by atoms with Gasteiger partial charge in [0.05, 0.1) is 0 Å². The molecule has 6 heteroatoms. The maximum absolute atomic E-state index is 12.6. The maximum atomic E-state index is 12.6. The summed E-state index contributed by atoms with van der Waals surface area (Å²) in [6.45, 7) is 5.32. The van der Waals surface area contributed by atoms with Crippen LogP contribution < -0.4 is 5.30 Å². The first-order chi connectivity index (χ1) is 9.62. The third-order valence-corrected chi connectivity index (χ3v) is 5.72. The van der Waals surface area contributed by atoms with Gasteiger partial charge in [0.15, 0.2) is 0 Å². The van der Waals surface area contributed by atoms with Gasteiger partial charge in [-0.3, -0.25) is 0 Å². The Morgan fingerprint density at radius 1 is 0.909 bits per heavy atom. The minimum atomic E-state index is -5.63. The molecule has 0 radical (unpaired) electrons. The van der Waals surface area contributed by atoms with E-state index in [1.165, 1.54) is 12.1 Å². The van der Waals surface area contributed by atoms with Crippen LogP contribution in [0.15, 0.2) is 42.5 Å². The summed E-state index contributed by atoms with van der Waals surface area (Å²) in [5.41, 5.74) is 1.33. The average molecular weight is 314 g/mol. The summed E-state index contributed by atoms with van der Waals surface area (Å²) in [6.07, 6.45) is 0. The van der Waals surface area contributed by atoms with Crippen LogP contribution in [-0.2, 0) is 0 Å². The average Bonchev–Trinajstić information content (AvgIpc) is 2.38. The van der Waals surface area contributed by atoms with E-state index in [0.29, 0.717) is 11.1 Å². The third kappa shape index (κ3) is 3.34. The zero-order valence-corrected chi connectivity index (χ0v) is 13.1. The van der Waals surface area contributed by atoms with Crippen LogP contribution in [0.2, 0.25) is 0 Å². The first-order valence-electron chi connectivity index (χ1n) is 6.57. The van der Waals surface area contributed by atoms with E-state index in [4.69, 9.17) is 0 Å². The summed E-state index contributed by atoms with van der Waals surface area (Å²) in [4.78, 5) is 43.8. The fourth-order valence-corrected chi connectivity index (χ4v) is 4.26. The van der Waals surface area contributed by atoms with Crippen molar-refractivity contribution in [2.75, 3.05) is 0 Å². The van der Waals surface area contributed by atoms with Crippen LogP contribution in [0.25, 0.3) is 0 Å². The molecule has 0 atom stereocenters. The van der Waals surface area contributed by atoms with Crippen LogP contribution >= 0.6 is 7.28 Å². The molecule has 22 heavy (non-hydrogen) atoms. The molecule has 0 amide bonds. The van der Waals surface area contributed by atoms with E-state index in [9.17, 15) is 19.5 Å². The number of carbonyl (C=O) groups is 1. The molecule has 4 nitrogen and oxygen atoms in total. The second-order valence-corrected chi connectivity index (χ2v) is 8.28. The van der Waals surface area contributed by atoms with Crippen molar-refractivity contribution in [1.29, 1.82) is 0 Å². The molecule has 0 bridgehead atoms. The summed E-state index contributed by atoms with van der Waals surface area (Å²) in [5, 5.41) is -0.159. The predicted molar refractivity (Wildman–Crippen MR) is 91.8 cm³/mol. The monoisotopic (exact) mass is 314 g/mol. The van der Waals surface area contributed by atoms with Gasteiger partial charge in [0.25, 0.3) is 0 Å². The Kier molecular flexibility index (Phi) is 5.42. The summed E-state index contributed by atoms with van der Waals surface area (Å²) in [7, 11) is -5.63. The summed E-state index contributed by atoms with van der Waals surface area (Å²) in [6, 6.07) is 11.0. The van der Waals surface area contributed by atoms with Crippen LogP contribution in [-0.4, -0.2) is 39.1 Å². The van der Waals surface area contributed by atoms with Crippen molar-refractivity contribution in [3.63, 3.8) is 0 Å². The summed E-state index contributed by atoms with van der Waals surface area (Å²) in [5.74, 6) is 0. The van der Waals surface area contributed by atoms with Gasteiger partial charge < -0.3 is 0 Å². The van der Waals surface area contributed by atoms with E-state index in [-0.39, 0.29) is 29.7 Å². The second kappa shape index (κ2) is 6.26. The molecular formula is C16H20LiO4P. The number of carbonyl (C=O) groups excluding carboxylic acids is 1. The Hall–Kier alpha value is -0.983. The van der Waals surface area contributed by atoms with Crippen LogP contribution in [0.5, 0.6) is 0 Å². The molecule has 114 valence electrons. The van der Waals surface area contributed by atoms with E-state index < -0.39 is 12.8 Å². The molecule has 0 aliphatic carbocycles. The molecule has 3 N–H and O–H groups in total. The van der Waals surface area contributed by atoms with Gasteiger partial charge in [0, 0.05) is 0 Å². The second-order valence-electron chi connectivity index (χ2n) is 5.39. The molecule has 2 rings (SSSR count). The Labute approximate surface area is 142 Å². The first kappa shape index (κ1) is 19.1. The molecule has 0 aliphatic heterocycles. The standard InChI is InChI=1S/C16H19O4P.Li.H/c1-11-9-12(2)15(13(3)10-11)16(17)21(18,19,20)14-7-5-4-6-8-14;;/h4-10,18-20H,1-3H3;;. The quantitative estimate of drug-likeness (QED) is 0.595. The summed E-state index contributed by atoms with van der Waals surface area (Å²) >= 11 is 0. The van der Waals surface area contributed by atoms with Gasteiger partial charge in [-0.1, -0.05) is 0 Å². The topological polar surface area (TPSA) is 77.8 Å². The van der Waals surface area contributed by atoms with E-state index in [1.54, 1.807) is 44.2 Å².